The topological polar surface area (TPSA) is 29.5 Å². The highest BCUT2D eigenvalue weighted by Crippen LogP contribution is 2.57. The van der Waals surface area contributed by atoms with Crippen LogP contribution in [0.2, 0.25) is 5.02 Å². The lowest BCUT2D eigenvalue weighted by molar-refractivity contribution is -0.122. The third-order valence-electron chi connectivity index (χ3n) is 6.85. The summed E-state index contributed by atoms with van der Waals surface area (Å²) in [6.45, 7) is 1.85. The molecule has 1 amide bonds. The van der Waals surface area contributed by atoms with E-state index in [1.807, 2.05) is 109 Å². The van der Waals surface area contributed by atoms with Gasteiger partial charge in [0, 0.05) is 32.7 Å². The van der Waals surface area contributed by atoms with Crippen molar-refractivity contribution in [3.05, 3.63) is 136 Å². The van der Waals surface area contributed by atoms with E-state index in [1.165, 1.54) is 0 Å². The summed E-state index contributed by atoms with van der Waals surface area (Å²) in [5.41, 5.74) is 3.21. The van der Waals surface area contributed by atoms with Crippen LogP contribution in [-0.2, 0) is 15.3 Å². The van der Waals surface area contributed by atoms with Crippen LogP contribution >= 0.6 is 23.4 Å². The first-order chi connectivity index (χ1) is 17.6. The molecule has 2 aliphatic heterocycles. The van der Waals surface area contributed by atoms with Gasteiger partial charge in [-0.05, 0) is 30.7 Å². The molecule has 6 rings (SSSR count). The lowest BCUT2D eigenvalue weighted by Crippen LogP contribution is -2.55. The van der Waals surface area contributed by atoms with Crippen LogP contribution in [0.15, 0.2) is 120 Å². The van der Waals surface area contributed by atoms with Gasteiger partial charge < -0.3 is 4.74 Å². The molecule has 0 aromatic heterocycles. The molecule has 3 nitrogen and oxygen atoms in total. The van der Waals surface area contributed by atoms with E-state index in [4.69, 9.17) is 16.3 Å². The zero-order valence-corrected chi connectivity index (χ0v) is 21.3. The Bertz CT molecular complexity index is 1470. The van der Waals surface area contributed by atoms with Crippen molar-refractivity contribution >= 4 is 40.7 Å². The number of ether oxygens (including phenoxy) is 1. The Morgan fingerprint density at radius 1 is 0.861 bits per heavy atom. The Morgan fingerprint density at radius 3 is 2.25 bits per heavy atom. The van der Waals surface area contributed by atoms with E-state index >= 15 is 0 Å². The average Bonchev–Trinajstić information content (AvgIpc) is 3.07. The molecular formula is C31H24ClNO2S. The zero-order valence-electron chi connectivity index (χ0n) is 19.7. The number of para-hydroxylation sites is 1. The summed E-state index contributed by atoms with van der Waals surface area (Å²) in [5, 5.41) is 0.662. The van der Waals surface area contributed by atoms with Gasteiger partial charge in [0.05, 0.1) is 11.3 Å². The Hall–Kier alpha value is -3.47. The quantitative estimate of drug-likeness (QED) is 0.278. The molecule has 0 aliphatic carbocycles. The van der Waals surface area contributed by atoms with Crippen LogP contribution in [0.5, 0.6) is 0 Å². The average molecular weight is 510 g/mol. The summed E-state index contributed by atoms with van der Waals surface area (Å²) in [6.07, 6.45) is 0.523. The summed E-state index contributed by atoms with van der Waals surface area (Å²) in [7, 11) is 0. The van der Waals surface area contributed by atoms with Gasteiger partial charge in [0.2, 0.25) is 5.72 Å². The van der Waals surface area contributed by atoms with Crippen molar-refractivity contribution in [3.8, 4) is 0 Å². The third-order valence-corrected chi connectivity index (χ3v) is 8.50. The summed E-state index contributed by atoms with van der Waals surface area (Å²) < 4.78 is 7.09. The summed E-state index contributed by atoms with van der Waals surface area (Å²) in [6, 6.07) is 36.0. The number of carbonyl (C=O) groups excluding carboxylic acids is 1. The van der Waals surface area contributed by atoms with Gasteiger partial charge in [0.15, 0.2) is 0 Å². The minimum Gasteiger partial charge on any atom is -0.462 e. The molecule has 2 atom stereocenters. The number of fused-ring (bicyclic) bond motifs is 3. The molecule has 0 spiro atoms. The molecular weight excluding hydrogens is 486 g/mol. The normalized spacial score (nSPS) is 21.3. The monoisotopic (exact) mass is 509 g/mol. The largest absolute Gasteiger partial charge is 0.462 e. The second-order valence-corrected chi connectivity index (χ2v) is 10.7. The third kappa shape index (κ3) is 3.73. The van der Waals surface area contributed by atoms with Crippen LogP contribution in [0, 0.1) is 0 Å². The molecule has 0 fully saturated rings. The second kappa shape index (κ2) is 9.20. The lowest BCUT2D eigenvalue weighted by Gasteiger charge is -2.48. The van der Waals surface area contributed by atoms with Gasteiger partial charge in [-0.2, -0.15) is 0 Å². The molecule has 36 heavy (non-hydrogen) atoms. The lowest BCUT2D eigenvalue weighted by atomic mass is 9.89. The van der Waals surface area contributed by atoms with E-state index in [0.717, 1.165) is 27.3 Å². The SMILES string of the molecule is CC1=C(c2ccccc2)OC2(c3ccccc3)CC(c3ccccc3Cl)Sc3ccccc3N2C1=O. The van der Waals surface area contributed by atoms with Gasteiger partial charge in [-0.3, -0.25) is 9.69 Å². The smallest absolute Gasteiger partial charge is 0.261 e. The van der Waals surface area contributed by atoms with Crippen LogP contribution in [0.1, 0.15) is 35.3 Å². The first-order valence-electron chi connectivity index (χ1n) is 11.9. The van der Waals surface area contributed by atoms with Crippen molar-refractivity contribution in [2.75, 3.05) is 4.90 Å². The van der Waals surface area contributed by atoms with E-state index in [9.17, 15) is 4.79 Å². The molecule has 0 N–H and O–H groups in total. The Kier molecular flexibility index (Phi) is 5.87. The van der Waals surface area contributed by atoms with E-state index in [2.05, 4.69) is 12.1 Å². The molecule has 2 unspecified atom stereocenters. The number of benzene rings is 4. The van der Waals surface area contributed by atoms with Crippen LogP contribution in [0.4, 0.5) is 5.69 Å². The maximum absolute atomic E-state index is 14.3. The van der Waals surface area contributed by atoms with Gasteiger partial charge in [0.1, 0.15) is 5.76 Å². The standard InChI is InChI=1S/C31H24ClNO2S/c1-21-29(22-12-4-2-5-13-22)35-31(23-14-6-3-7-15-23)20-28(24-16-8-9-17-25(24)32)36-27-19-11-10-18-26(27)33(31)30(21)34/h2-19,28H,20H2,1H3. The van der Waals surface area contributed by atoms with Crippen LogP contribution in [-0.4, -0.2) is 5.91 Å². The number of halogens is 1. The number of hydrogen-bond donors (Lipinski definition) is 0. The minimum atomic E-state index is -1.06. The van der Waals surface area contributed by atoms with Crippen molar-refractivity contribution < 1.29 is 9.53 Å². The molecule has 0 bridgehead atoms. The van der Waals surface area contributed by atoms with E-state index < -0.39 is 5.72 Å². The maximum atomic E-state index is 14.3. The van der Waals surface area contributed by atoms with Crippen molar-refractivity contribution in [1.82, 2.24) is 0 Å². The first kappa shape index (κ1) is 23.0. The summed E-state index contributed by atoms with van der Waals surface area (Å²) in [4.78, 5) is 17.2. The van der Waals surface area contributed by atoms with Crippen LogP contribution in [0.3, 0.4) is 0 Å². The predicted molar refractivity (Wildman–Crippen MR) is 147 cm³/mol. The summed E-state index contributed by atoms with van der Waals surface area (Å²) in [5.74, 6) is 0.555. The van der Waals surface area contributed by atoms with Crippen molar-refractivity contribution in [1.29, 1.82) is 0 Å². The molecule has 4 aromatic carbocycles. The fourth-order valence-corrected chi connectivity index (χ4v) is 6.84. The molecule has 178 valence electrons. The molecule has 5 heteroatoms. The van der Waals surface area contributed by atoms with Gasteiger partial charge in [-0.25, -0.2) is 0 Å². The number of amides is 1. The van der Waals surface area contributed by atoms with Gasteiger partial charge in [-0.1, -0.05) is 103 Å². The molecule has 0 radical (unpaired) electrons. The Labute approximate surface area is 220 Å². The fraction of sp³-hybridized carbons (Fsp3) is 0.129. The first-order valence-corrected chi connectivity index (χ1v) is 13.2. The van der Waals surface area contributed by atoms with Crippen molar-refractivity contribution in [3.63, 3.8) is 0 Å². The maximum Gasteiger partial charge on any atom is 0.261 e. The number of thioether (sulfide) groups is 1. The highest BCUT2D eigenvalue weighted by molar-refractivity contribution is 7.99. The van der Waals surface area contributed by atoms with Crippen molar-refractivity contribution in [2.45, 2.75) is 29.2 Å². The Balaban J connectivity index is 1.64. The number of hydrogen-bond acceptors (Lipinski definition) is 3. The number of carbonyl (C=O) groups is 1. The van der Waals surface area contributed by atoms with Crippen LogP contribution < -0.4 is 4.90 Å². The van der Waals surface area contributed by atoms with Gasteiger partial charge >= 0.3 is 0 Å². The predicted octanol–water partition coefficient (Wildman–Crippen LogP) is 8.22. The van der Waals surface area contributed by atoms with Gasteiger partial charge in [0.25, 0.3) is 5.91 Å². The van der Waals surface area contributed by atoms with E-state index in [-0.39, 0.29) is 11.2 Å². The highest BCUT2D eigenvalue weighted by Gasteiger charge is 2.53. The van der Waals surface area contributed by atoms with Crippen LogP contribution in [0.25, 0.3) is 5.76 Å². The molecule has 2 aliphatic rings. The number of rotatable bonds is 3. The molecule has 0 saturated carbocycles. The summed E-state index contributed by atoms with van der Waals surface area (Å²) >= 11 is 8.46. The van der Waals surface area contributed by atoms with Gasteiger partial charge in [-0.15, -0.1) is 11.8 Å². The number of anilines is 1. The zero-order chi connectivity index (χ0) is 24.7. The minimum absolute atomic E-state index is 0.0479. The van der Waals surface area contributed by atoms with E-state index in [1.54, 1.807) is 11.8 Å². The second-order valence-electron chi connectivity index (χ2n) is 9.01. The van der Waals surface area contributed by atoms with Crippen molar-refractivity contribution in [2.24, 2.45) is 0 Å². The molecule has 4 aromatic rings. The Morgan fingerprint density at radius 2 is 1.50 bits per heavy atom. The number of nitrogens with zero attached hydrogens (tertiary/aromatic N) is 1. The molecule has 0 saturated heterocycles. The van der Waals surface area contributed by atoms with E-state index in [0.29, 0.717) is 22.8 Å². The highest BCUT2D eigenvalue weighted by atomic mass is 35.5. The fourth-order valence-electron chi connectivity index (χ4n) is 5.12. The molecule has 2 heterocycles.